The first kappa shape index (κ1) is 17.5. The number of fused-ring (bicyclic) bond motifs is 5. The zero-order valence-electron chi connectivity index (χ0n) is 15.2. The summed E-state index contributed by atoms with van der Waals surface area (Å²) in [6.45, 7) is 2.21. The Morgan fingerprint density at radius 1 is 1.32 bits per heavy atom. The number of nitrogens with zero attached hydrogens (tertiary/aromatic N) is 6. The zero-order chi connectivity index (χ0) is 19.1. The molecule has 1 aliphatic heterocycles. The molecule has 0 saturated heterocycles. The van der Waals surface area contributed by atoms with Crippen LogP contribution in [0.3, 0.4) is 0 Å². The molecule has 3 aromatic heterocycles. The molecule has 0 spiro atoms. The summed E-state index contributed by atoms with van der Waals surface area (Å²) >= 11 is 7.62. The number of halogens is 1. The lowest BCUT2D eigenvalue weighted by molar-refractivity contribution is 0.126. The maximum absolute atomic E-state index is 5.87. The van der Waals surface area contributed by atoms with Crippen molar-refractivity contribution in [1.82, 2.24) is 24.5 Å². The maximum Gasteiger partial charge on any atom is 0.192 e. The number of hydrogen-bond donors (Lipinski definition) is 0. The van der Waals surface area contributed by atoms with Gasteiger partial charge in [0.2, 0.25) is 0 Å². The first-order chi connectivity index (χ1) is 13.7. The van der Waals surface area contributed by atoms with Gasteiger partial charge in [-0.3, -0.25) is 0 Å². The highest BCUT2D eigenvalue weighted by molar-refractivity contribution is 7.19. The lowest BCUT2D eigenvalue weighted by Crippen LogP contribution is -2.25. The number of likely N-dealkylation sites (N-methyl/N-ethyl adjacent to an activating group) is 1. The largest absolute Gasteiger partial charge is 0.387 e. The van der Waals surface area contributed by atoms with Gasteiger partial charge in [-0.25, -0.2) is 14.5 Å². The highest BCUT2D eigenvalue weighted by Crippen LogP contribution is 2.35. The fraction of sp³-hybridized carbons (Fsp3) is 0.263. The Hall–Kier alpha value is -2.55. The molecule has 0 amide bonds. The third-order valence-corrected chi connectivity index (χ3v) is 6.13. The van der Waals surface area contributed by atoms with Crippen molar-refractivity contribution in [2.75, 3.05) is 13.6 Å². The molecule has 0 radical (unpaired) electrons. The van der Waals surface area contributed by atoms with Crippen molar-refractivity contribution < 1.29 is 4.84 Å². The molecule has 7 nitrogen and oxygen atoms in total. The third kappa shape index (κ3) is 3.23. The minimum absolute atomic E-state index is 0.197. The van der Waals surface area contributed by atoms with Crippen LogP contribution in [0.4, 0.5) is 0 Å². The molecule has 9 heteroatoms. The van der Waals surface area contributed by atoms with Crippen molar-refractivity contribution in [3.63, 3.8) is 0 Å². The van der Waals surface area contributed by atoms with Crippen LogP contribution in [0, 0.1) is 0 Å². The van der Waals surface area contributed by atoms with Gasteiger partial charge in [0.25, 0.3) is 0 Å². The predicted octanol–water partition coefficient (Wildman–Crippen LogP) is 3.53. The predicted molar refractivity (Wildman–Crippen MR) is 110 cm³/mol. The van der Waals surface area contributed by atoms with Crippen molar-refractivity contribution in [1.29, 1.82) is 0 Å². The molecule has 4 heterocycles. The van der Waals surface area contributed by atoms with E-state index in [4.69, 9.17) is 16.4 Å². The molecular formula is C19H17ClN6OS. The summed E-state index contributed by atoms with van der Waals surface area (Å²) in [6.07, 6.45) is 4.37. The van der Waals surface area contributed by atoms with Gasteiger partial charge in [0.15, 0.2) is 18.1 Å². The first-order valence-electron chi connectivity index (χ1n) is 8.91. The lowest BCUT2D eigenvalue weighted by atomic mass is 10.1. The minimum Gasteiger partial charge on any atom is -0.387 e. The third-order valence-electron chi connectivity index (χ3n) is 4.75. The SMILES string of the molecule is CN1CCc2c(sc3ncn4nc(CON=Cc5ccc(Cl)cc5)nc4c23)C1. The Morgan fingerprint density at radius 3 is 3.04 bits per heavy atom. The van der Waals surface area contributed by atoms with Crippen molar-refractivity contribution in [3.05, 3.63) is 57.4 Å². The monoisotopic (exact) mass is 412 g/mol. The number of oxime groups is 1. The van der Waals surface area contributed by atoms with Crippen molar-refractivity contribution >= 4 is 45.0 Å². The van der Waals surface area contributed by atoms with Gasteiger partial charge < -0.3 is 9.74 Å². The van der Waals surface area contributed by atoms with E-state index >= 15 is 0 Å². The Balaban J connectivity index is 1.39. The van der Waals surface area contributed by atoms with Crippen molar-refractivity contribution in [3.8, 4) is 0 Å². The van der Waals surface area contributed by atoms with Crippen LogP contribution in [-0.4, -0.2) is 44.3 Å². The maximum atomic E-state index is 5.87. The van der Waals surface area contributed by atoms with Crippen LogP contribution in [0.15, 0.2) is 35.7 Å². The minimum atomic E-state index is 0.197. The smallest absolute Gasteiger partial charge is 0.192 e. The number of aromatic nitrogens is 4. The molecule has 0 saturated carbocycles. The molecule has 0 fully saturated rings. The molecule has 1 aliphatic rings. The molecule has 0 N–H and O–H groups in total. The van der Waals surface area contributed by atoms with E-state index in [0.29, 0.717) is 10.8 Å². The van der Waals surface area contributed by atoms with E-state index < -0.39 is 0 Å². The average Bonchev–Trinajstić information content (AvgIpc) is 3.26. The quantitative estimate of drug-likeness (QED) is 0.379. The molecule has 1 aromatic carbocycles. The van der Waals surface area contributed by atoms with Crippen molar-refractivity contribution in [2.45, 2.75) is 19.6 Å². The highest BCUT2D eigenvalue weighted by Gasteiger charge is 2.22. The molecular weight excluding hydrogens is 396 g/mol. The summed E-state index contributed by atoms with van der Waals surface area (Å²) in [5, 5.41) is 10.3. The Labute approximate surface area is 170 Å². The standard InChI is InChI=1S/C19H17ClN6OS/c1-25-7-6-14-15(9-25)28-19-17(14)18-23-16(24-26(18)11-21-19)10-27-22-8-12-2-4-13(20)5-3-12/h2-5,8,11H,6-7,9-10H2,1H3. The Bertz CT molecular complexity index is 1180. The van der Waals surface area contributed by atoms with Crippen LogP contribution < -0.4 is 0 Å². The van der Waals surface area contributed by atoms with Gasteiger partial charge in [0.05, 0.1) is 11.6 Å². The summed E-state index contributed by atoms with van der Waals surface area (Å²) in [7, 11) is 2.15. The van der Waals surface area contributed by atoms with E-state index in [1.165, 1.54) is 10.4 Å². The molecule has 4 aromatic rings. The van der Waals surface area contributed by atoms with E-state index in [1.54, 1.807) is 28.4 Å². The molecule has 0 bridgehead atoms. The summed E-state index contributed by atoms with van der Waals surface area (Å²) in [5.74, 6) is 0.579. The first-order valence-corrected chi connectivity index (χ1v) is 10.1. The van der Waals surface area contributed by atoms with Gasteiger partial charge in [-0.05, 0) is 36.7 Å². The molecule has 0 atom stereocenters. The molecule has 142 valence electrons. The molecule has 28 heavy (non-hydrogen) atoms. The Kier molecular flexibility index (Phi) is 4.46. The lowest BCUT2D eigenvalue weighted by Gasteiger charge is -2.21. The fourth-order valence-corrected chi connectivity index (χ4v) is 4.76. The second kappa shape index (κ2) is 7.12. The highest BCUT2D eigenvalue weighted by atomic mass is 35.5. The topological polar surface area (TPSA) is 67.9 Å². The van der Waals surface area contributed by atoms with E-state index in [0.717, 1.165) is 40.9 Å². The van der Waals surface area contributed by atoms with Gasteiger partial charge in [0, 0.05) is 23.0 Å². The van der Waals surface area contributed by atoms with Crippen LogP contribution in [0.5, 0.6) is 0 Å². The molecule has 0 aliphatic carbocycles. The van der Waals surface area contributed by atoms with Crippen molar-refractivity contribution in [2.24, 2.45) is 5.16 Å². The molecule has 0 unspecified atom stereocenters. The number of hydrogen-bond acceptors (Lipinski definition) is 7. The zero-order valence-corrected chi connectivity index (χ0v) is 16.7. The summed E-state index contributed by atoms with van der Waals surface area (Å²) in [4.78, 5) is 19.4. The molecule has 5 rings (SSSR count). The van der Waals surface area contributed by atoms with Gasteiger partial charge in [-0.15, -0.1) is 16.4 Å². The van der Waals surface area contributed by atoms with Gasteiger partial charge in [-0.2, -0.15) is 0 Å². The van der Waals surface area contributed by atoms with Gasteiger partial charge in [0.1, 0.15) is 11.2 Å². The second-order valence-corrected chi connectivity index (χ2v) is 8.29. The summed E-state index contributed by atoms with van der Waals surface area (Å²) < 4.78 is 1.73. The van der Waals surface area contributed by atoms with Crippen LogP contribution in [0.1, 0.15) is 21.8 Å². The summed E-state index contributed by atoms with van der Waals surface area (Å²) in [6, 6.07) is 7.37. The van der Waals surface area contributed by atoms with Crippen LogP contribution >= 0.6 is 22.9 Å². The van der Waals surface area contributed by atoms with E-state index in [9.17, 15) is 0 Å². The van der Waals surface area contributed by atoms with E-state index in [-0.39, 0.29) is 6.61 Å². The summed E-state index contributed by atoms with van der Waals surface area (Å²) in [5.41, 5.74) is 3.11. The second-order valence-electron chi connectivity index (χ2n) is 6.77. The van der Waals surface area contributed by atoms with Gasteiger partial charge in [-0.1, -0.05) is 28.9 Å². The van der Waals surface area contributed by atoms with Crippen LogP contribution in [-0.2, 0) is 24.4 Å². The normalized spacial score (nSPS) is 14.9. The van der Waals surface area contributed by atoms with E-state index in [2.05, 4.69) is 32.2 Å². The average molecular weight is 413 g/mol. The number of thiophene rings is 1. The van der Waals surface area contributed by atoms with Gasteiger partial charge >= 0.3 is 0 Å². The fourth-order valence-electron chi connectivity index (χ4n) is 3.37. The van der Waals surface area contributed by atoms with Crippen LogP contribution in [0.2, 0.25) is 5.02 Å². The van der Waals surface area contributed by atoms with E-state index in [1.807, 2.05) is 24.3 Å². The number of benzene rings is 1. The van der Waals surface area contributed by atoms with Crippen LogP contribution in [0.25, 0.3) is 15.9 Å². The number of rotatable bonds is 4. The Morgan fingerprint density at radius 2 is 2.18 bits per heavy atom.